The van der Waals surface area contributed by atoms with E-state index in [1.54, 1.807) is 12.0 Å². The van der Waals surface area contributed by atoms with Crippen LogP contribution in [-0.2, 0) is 17.6 Å². The highest BCUT2D eigenvalue weighted by molar-refractivity contribution is 6.29. The lowest BCUT2D eigenvalue weighted by Crippen LogP contribution is -2.45. The summed E-state index contributed by atoms with van der Waals surface area (Å²) in [6.07, 6.45) is 3.01. The van der Waals surface area contributed by atoms with Crippen molar-refractivity contribution in [1.29, 1.82) is 0 Å². The highest BCUT2D eigenvalue weighted by atomic mass is 35.5. The topological polar surface area (TPSA) is 73.8 Å². The molecule has 1 unspecified atom stereocenters. The third-order valence-electron chi connectivity index (χ3n) is 4.92. The number of nitrogens with zero attached hydrogens (tertiary/aromatic N) is 3. The number of carbonyl (C=O) groups excluding carboxylic acids is 1. The summed E-state index contributed by atoms with van der Waals surface area (Å²) in [5, 5.41) is 0. The average molecular weight is 406 g/mol. The minimum absolute atomic E-state index is 0.0328. The molecule has 1 aliphatic rings. The monoisotopic (exact) mass is 405 g/mol. The molecule has 8 heteroatoms. The normalized spacial score (nSPS) is 15.7. The molecule has 1 aromatic carbocycles. The van der Waals surface area contributed by atoms with Gasteiger partial charge in [-0.2, -0.15) is 9.97 Å². The number of para-hydroxylation sites is 1. The Morgan fingerprint density at radius 1 is 1.18 bits per heavy atom. The number of fused-ring (bicyclic) bond motifs is 1. The quantitative estimate of drug-likeness (QED) is 0.659. The lowest BCUT2D eigenvalue weighted by Gasteiger charge is -2.37. The summed E-state index contributed by atoms with van der Waals surface area (Å²) in [6.45, 7) is 0. The zero-order valence-electron chi connectivity index (χ0n) is 16.3. The lowest BCUT2D eigenvalue weighted by atomic mass is 9.94. The van der Waals surface area contributed by atoms with Crippen LogP contribution in [0, 0.1) is 0 Å². The summed E-state index contributed by atoms with van der Waals surface area (Å²) in [5.41, 5.74) is 2.42. The van der Waals surface area contributed by atoms with Gasteiger partial charge in [0.05, 0.1) is 27.0 Å². The van der Waals surface area contributed by atoms with Crippen LogP contribution in [0.4, 0.5) is 5.69 Å². The zero-order valence-corrected chi connectivity index (χ0v) is 17.0. The summed E-state index contributed by atoms with van der Waals surface area (Å²) < 4.78 is 16.0. The van der Waals surface area contributed by atoms with Gasteiger partial charge in [-0.05, 0) is 37.3 Å². The molecule has 150 valence electrons. The SMILES string of the molecule is COc1nc2c(c(OC)n1)N(C(=O)CCl)C(CCc1ccccc1OC)CC2. The second-order valence-corrected chi connectivity index (χ2v) is 6.72. The first kappa shape index (κ1) is 20.2. The number of methoxy groups -OCH3 is 3. The van der Waals surface area contributed by atoms with Gasteiger partial charge in [-0.15, -0.1) is 11.6 Å². The number of alkyl halides is 1. The van der Waals surface area contributed by atoms with Gasteiger partial charge in [0.2, 0.25) is 11.8 Å². The number of rotatable bonds is 7. The fourth-order valence-corrected chi connectivity index (χ4v) is 3.75. The molecule has 3 rings (SSSR count). The molecule has 0 spiro atoms. The second kappa shape index (κ2) is 9.10. The Hall–Kier alpha value is -2.54. The number of ether oxygens (including phenoxy) is 3. The number of halogens is 1. The van der Waals surface area contributed by atoms with E-state index in [-0.39, 0.29) is 23.8 Å². The van der Waals surface area contributed by atoms with Crippen molar-refractivity contribution in [1.82, 2.24) is 9.97 Å². The summed E-state index contributed by atoms with van der Waals surface area (Å²) in [7, 11) is 4.68. The van der Waals surface area contributed by atoms with Gasteiger partial charge in [-0.3, -0.25) is 4.79 Å². The van der Waals surface area contributed by atoms with E-state index in [9.17, 15) is 4.79 Å². The highest BCUT2D eigenvalue weighted by Crippen LogP contribution is 2.39. The molecule has 0 saturated carbocycles. The van der Waals surface area contributed by atoms with Gasteiger partial charge in [0.25, 0.3) is 0 Å². The van der Waals surface area contributed by atoms with Crippen LogP contribution in [0.1, 0.15) is 24.1 Å². The molecule has 28 heavy (non-hydrogen) atoms. The van der Waals surface area contributed by atoms with Crippen molar-refractivity contribution in [2.75, 3.05) is 32.1 Å². The molecule has 7 nitrogen and oxygen atoms in total. The van der Waals surface area contributed by atoms with Gasteiger partial charge in [-0.25, -0.2) is 0 Å². The Morgan fingerprint density at radius 3 is 2.64 bits per heavy atom. The molecule has 0 aliphatic carbocycles. The fourth-order valence-electron chi connectivity index (χ4n) is 3.62. The van der Waals surface area contributed by atoms with Crippen molar-refractivity contribution < 1.29 is 19.0 Å². The van der Waals surface area contributed by atoms with E-state index < -0.39 is 0 Å². The van der Waals surface area contributed by atoms with Crippen LogP contribution in [0.15, 0.2) is 24.3 Å². The number of carbonyl (C=O) groups is 1. The van der Waals surface area contributed by atoms with Crippen LogP contribution in [0.3, 0.4) is 0 Å². The van der Waals surface area contributed by atoms with Gasteiger partial charge in [0.1, 0.15) is 17.3 Å². The van der Waals surface area contributed by atoms with Crippen LogP contribution in [0.2, 0.25) is 0 Å². The Morgan fingerprint density at radius 2 is 1.96 bits per heavy atom. The molecule has 0 saturated heterocycles. The number of aryl methyl sites for hydroxylation is 2. The van der Waals surface area contributed by atoms with E-state index in [1.165, 1.54) is 14.2 Å². The van der Waals surface area contributed by atoms with Gasteiger partial charge in [0.15, 0.2) is 0 Å². The summed E-state index contributed by atoms with van der Waals surface area (Å²) in [6, 6.07) is 8.10. The number of hydrogen-bond acceptors (Lipinski definition) is 6. The van der Waals surface area contributed by atoms with Crippen LogP contribution in [0.5, 0.6) is 17.6 Å². The number of anilines is 1. The van der Waals surface area contributed by atoms with Crippen molar-refractivity contribution in [2.45, 2.75) is 31.7 Å². The molecule has 0 bridgehead atoms. The van der Waals surface area contributed by atoms with E-state index in [2.05, 4.69) is 9.97 Å². The second-order valence-electron chi connectivity index (χ2n) is 6.46. The van der Waals surface area contributed by atoms with Crippen LogP contribution < -0.4 is 19.1 Å². The van der Waals surface area contributed by atoms with E-state index in [0.717, 1.165) is 36.3 Å². The van der Waals surface area contributed by atoms with Gasteiger partial charge in [0, 0.05) is 6.04 Å². The predicted molar refractivity (Wildman–Crippen MR) is 107 cm³/mol. The van der Waals surface area contributed by atoms with E-state index in [0.29, 0.717) is 18.0 Å². The molecule has 0 radical (unpaired) electrons. The van der Waals surface area contributed by atoms with Crippen molar-refractivity contribution in [3.05, 3.63) is 35.5 Å². The molecular formula is C20H24ClN3O4. The van der Waals surface area contributed by atoms with E-state index in [1.807, 2.05) is 24.3 Å². The third kappa shape index (κ3) is 3.99. The zero-order chi connectivity index (χ0) is 20.1. The molecular weight excluding hydrogens is 382 g/mol. The predicted octanol–water partition coefficient (Wildman–Crippen LogP) is 3.02. The molecule has 1 aliphatic heterocycles. The third-order valence-corrected chi connectivity index (χ3v) is 5.15. The van der Waals surface area contributed by atoms with Gasteiger partial charge >= 0.3 is 6.01 Å². The van der Waals surface area contributed by atoms with Crippen molar-refractivity contribution >= 4 is 23.2 Å². The number of aromatic nitrogens is 2. The van der Waals surface area contributed by atoms with Gasteiger partial charge in [-0.1, -0.05) is 18.2 Å². The van der Waals surface area contributed by atoms with Crippen LogP contribution in [0.25, 0.3) is 0 Å². The summed E-state index contributed by atoms with van der Waals surface area (Å²) >= 11 is 5.92. The average Bonchev–Trinajstić information content (AvgIpc) is 2.75. The molecule has 2 heterocycles. The molecule has 2 aromatic rings. The molecule has 1 amide bonds. The van der Waals surface area contributed by atoms with Crippen molar-refractivity contribution in [3.63, 3.8) is 0 Å². The molecule has 0 fully saturated rings. The molecule has 0 N–H and O–H groups in total. The maximum absolute atomic E-state index is 12.7. The Labute approximate surface area is 169 Å². The first-order valence-corrected chi connectivity index (χ1v) is 9.65. The maximum Gasteiger partial charge on any atom is 0.319 e. The van der Waals surface area contributed by atoms with E-state index >= 15 is 0 Å². The van der Waals surface area contributed by atoms with Crippen LogP contribution >= 0.6 is 11.6 Å². The van der Waals surface area contributed by atoms with Crippen molar-refractivity contribution in [3.8, 4) is 17.6 Å². The molecule has 1 atom stereocenters. The lowest BCUT2D eigenvalue weighted by molar-refractivity contribution is -0.116. The highest BCUT2D eigenvalue weighted by Gasteiger charge is 2.35. The summed E-state index contributed by atoms with van der Waals surface area (Å²) in [5.74, 6) is 0.848. The maximum atomic E-state index is 12.7. The first-order valence-electron chi connectivity index (χ1n) is 9.11. The Balaban J connectivity index is 1.92. The van der Waals surface area contributed by atoms with E-state index in [4.69, 9.17) is 25.8 Å². The summed E-state index contributed by atoms with van der Waals surface area (Å²) in [4.78, 5) is 23.1. The minimum atomic E-state index is -0.195. The molecule has 1 aromatic heterocycles. The fraction of sp³-hybridized carbons (Fsp3) is 0.450. The first-order chi connectivity index (χ1) is 13.6. The number of amides is 1. The largest absolute Gasteiger partial charge is 0.496 e. The van der Waals surface area contributed by atoms with Gasteiger partial charge < -0.3 is 19.1 Å². The minimum Gasteiger partial charge on any atom is -0.496 e. The van der Waals surface area contributed by atoms with Crippen molar-refractivity contribution in [2.24, 2.45) is 0 Å². The number of benzene rings is 1. The van der Waals surface area contributed by atoms with Crippen LogP contribution in [-0.4, -0.2) is 49.1 Å². The Kier molecular flexibility index (Phi) is 6.57. The Bertz CT molecular complexity index is 829. The standard InChI is InChI=1S/C20H24ClN3O4/c1-26-16-7-5-4-6-13(16)8-9-14-10-11-15-18(24(14)17(25)12-21)19(27-2)23-20(22-15)28-3/h4-7,14H,8-12H2,1-3H3. The number of hydrogen-bond donors (Lipinski definition) is 0. The smallest absolute Gasteiger partial charge is 0.319 e.